The van der Waals surface area contributed by atoms with Gasteiger partial charge in [0.2, 0.25) is 0 Å². The van der Waals surface area contributed by atoms with Gasteiger partial charge in [0, 0.05) is 15.6 Å². The molecule has 0 heterocycles. The summed E-state index contributed by atoms with van der Waals surface area (Å²) in [7, 11) is 0. The minimum atomic E-state index is 0.403. The molecule has 2 nitrogen and oxygen atoms in total. The largest absolute Gasteiger partial charge is 0.192 e. The molecule has 86 valence electrons. The highest BCUT2D eigenvalue weighted by Crippen LogP contribution is 2.35. The Kier molecular flexibility index (Phi) is 3.53. The van der Waals surface area contributed by atoms with Crippen molar-refractivity contribution in [3.8, 4) is 23.3 Å². The summed E-state index contributed by atoms with van der Waals surface area (Å²) in [4.78, 5) is 0. The molecule has 0 aromatic heterocycles. The zero-order valence-electron chi connectivity index (χ0n) is 9.11. The van der Waals surface area contributed by atoms with Crippen LogP contribution in [0.25, 0.3) is 11.1 Å². The molecule has 2 aromatic rings. The molecular weight excluding hydrogens is 267 g/mol. The van der Waals surface area contributed by atoms with Crippen molar-refractivity contribution in [2.24, 2.45) is 0 Å². The van der Waals surface area contributed by atoms with Gasteiger partial charge in [-0.15, -0.1) is 0 Å². The van der Waals surface area contributed by atoms with Crippen molar-refractivity contribution in [3.05, 3.63) is 57.6 Å². The second-order valence-corrected chi connectivity index (χ2v) is 4.43. The summed E-state index contributed by atoms with van der Waals surface area (Å²) in [6, 6.07) is 14.0. The zero-order chi connectivity index (χ0) is 13.1. The monoisotopic (exact) mass is 272 g/mol. The first-order valence-electron chi connectivity index (χ1n) is 5.05. The van der Waals surface area contributed by atoms with Crippen LogP contribution in [0.5, 0.6) is 0 Å². The second kappa shape index (κ2) is 5.10. The molecular formula is C14H6Cl2N2. The Morgan fingerprint density at radius 2 is 1.33 bits per heavy atom. The number of halogens is 2. The molecule has 0 spiro atoms. The standard InChI is InChI=1S/C14H6Cl2N2/c15-12-2-1-3-13(16)14(12)11-5-9(7-17)4-10(6-11)8-18/h1-6H. The highest BCUT2D eigenvalue weighted by atomic mass is 35.5. The first kappa shape index (κ1) is 12.5. The van der Waals surface area contributed by atoms with E-state index in [-0.39, 0.29) is 0 Å². The zero-order valence-corrected chi connectivity index (χ0v) is 10.6. The van der Waals surface area contributed by atoms with Crippen LogP contribution in [0, 0.1) is 22.7 Å². The van der Waals surface area contributed by atoms with Crippen molar-refractivity contribution in [1.82, 2.24) is 0 Å². The molecule has 0 amide bonds. The van der Waals surface area contributed by atoms with Crippen molar-refractivity contribution in [1.29, 1.82) is 10.5 Å². The summed E-state index contributed by atoms with van der Waals surface area (Å²) >= 11 is 12.2. The maximum atomic E-state index is 8.94. The number of nitrogens with zero attached hydrogens (tertiary/aromatic N) is 2. The SMILES string of the molecule is N#Cc1cc(C#N)cc(-c2c(Cl)cccc2Cl)c1. The van der Waals surface area contributed by atoms with Gasteiger partial charge >= 0.3 is 0 Å². The van der Waals surface area contributed by atoms with Gasteiger partial charge in [-0.05, 0) is 35.9 Å². The molecule has 2 rings (SSSR count). The first-order chi connectivity index (χ1) is 8.65. The number of hydrogen-bond donors (Lipinski definition) is 0. The molecule has 4 heteroatoms. The van der Waals surface area contributed by atoms with Crippen LogP contribution >= 0.6 is 23.2 Å². The summed E-state index contributed by atoms with van der Waals surface area (Å²) in [5, 5.41) is 18.9. The molecule has 0 saturated carbocycles. The molecule has 0 aliphatic rings. The van der Waals surface area contributed by atoms with Gasteiger partial charge in [-0.2, -0.15) is 10.5 Å². The molecule has 0 unspecified atom stereocenters. The molecule has 18 heavy (non-hydrogen) atoms. The summed E-state index contributed by atoms with van der Waals surface area (Å²) in [6.07, 6.45) is 0. The van der Waals surface area contributed by atoms with E-state index in [1.165, 1.54) is 6.07 Å². The fourth-order valence-electron chi connectivity index (χ4n) is 1.67. The van der Waals surface area contributed by atoms with E-state index in [0.717, 1.165) is 0 Å². The van der Waals surface area contributed by atoms with E-state index in [2.05, 4.69) is 0 Å². The molecule has 0 fully saturated rings. The van der Waals surface area contributed by atoms with Crippen molar-refractivity contribution in [2.45, 2.75) is 0 Å². The lowest BCUT2D eigenvalue weighted by atomic mass is 10.0. The van der Waals surface area contributed by atoms with Gasteiger partial charge < -0.3 is 0 Å². The van der Waals surface area contributed by atoms with Crippen molar-refractivity contribution in [2.75, 3.05) is 0 Å². The predicted molar refractivity (Wildman–Crippen MR) is 71.3 cm³/mol. The third-order valence-electron chi connectivity index (χ3n) is 2.44. The van der Waals surface area contributed by atoms with Crippen LogP contribution in [-0.4, -0.2) is 0 Å². The van der Waals surface area contributed by atoms with E-state index in [1.54, 1.807) is 30.3 Å². The Hall–Kier alpha value is -2.00. The number of nitriles is 2. The Morgan fingerprint density at radius 1 is 0.833 bits per heavy atom. The van der Waals surface area contributed by atoms with Crippen LogP contribution in [0.2, 0.25) is 10.0 Å². The van der Waals surface area contributed by atoms with Crippen LogP contribution in [0.4, 0.5) is 0 Å². The number of rotatable bonds is 1. The third-order valence-corrected chi connectivity index (χ3v) is 3.07. The fourth-order valence-corrected chi connectivity index (χ4v) is 2.29. The van der Waals surface area contributed by atoms with Gasteiger partial charge in [-0.1, -0.05) is 29.3 Å². The first-order valence-corrected chi connectivity index (χ1v) is 5.81. The molecule has 2 aromatic carbocycles. The molecule has 0 bridgehead atoms. The lowest BCUT2D eigenvalue weighted by molar-refractivity contribution is 1.44. The maximum absolute atomic E-state index is 8.94. The molecule has 0 N–H and O–H groups in total. The lowest BCUT2D eigenvalue weighted by Crippen LogP contribution is -1.86. The molecule has 0 aliphatic heterocycles. The maximum Gasteiger partial charge on any atom is 0.0992 e. The quantitative estimate of drug-likeness (QED) is 0.772. The average Bonchev–Trinajstić information content (AvgIpc) is 2.38. The van der Waals surface area contributed by atoms with Crippen LogP contribution in [-0.2, 0) is 0 Å². The van der Waals surface area contributed by atoms with Gasteiger partial charge in [-0.3, -0.25) is 0 Å². The van der Waals surface area contributed by atoms with Gasteiger partial charge in [0.05, 0.1) is 23.3 Å². The summed E-state index contributed by atoms with van der Waals surface area (Å²) < 4.78 is 0. The van der Waals surface area contributed by atoms with Crippen LogP contribution in [0.1, 0.15) is 11.1 Å². The van der Waals surface area contributed by atoms with Crippen molar-refractivity contribution in [3.63, 3.8) is 0 Å². The van der Waals surface area contributed by atoms with Gasteiger partial charge in [0.15, 0.2) is 0 Å². The summed E-state index contributed by atoms with van der Waals surface area (Å²) in [6.45, 7) is 0. The van der Waals surface area contributed by atoms with Crippen LogP contribution in [0.15, 0.2) is 36.4 Å². The smallest absolute Gasteiger partial charge is 0.0992 e. The summed E-state index contributed by atoms with van der Waals surface area (Å²) in [5.41, 5.74) is 2.11. The van der Waals surface area contributed by atoms with E-state index in [1.807, 2.05) is 12.1 Å². The fraction of sp³-hybridized carbons (Fsp3) is 0. The van der Waals surface area contributed by atoms with E-state index < -0.39 is 0 Å². The minimum absolute atomic E-state index is 0.403. The lowest BCUT2D eigenvalue weighted by Gasteiger charge is -2.07. The minimum Gasteiger partial charge on any atom is -0.192 e. The van der Waals surface area contributed by atoms with Gasteiger partial charge in [-0.25, -0.2) is 0 Å². The van der Waals surface area contributed by atoms with E-state index in [4.69, 9.17) is 33.7 Å². The van der Waals surface area contributed by atoms with Crippen LogP contribution in [0.3, 0.4) is 0 Å². The average molecular weight is 273 g/mol. The third kappa shape index (κ3) is 2.31. The Labute approximate surface area is 115 Å². The Bertz CT molecular complexity index is 641. The van der Waals surface area contributed by atoms with Gasteiger partial charge in [0.25, 0.3) is 0 Å². The Balaban J connectivity index is 2.73. The number of hydrogen-bond acceptors (Lipinski definition) is 2. The van der Waals surface area contributed by atoms with E-state index in [9.17, 15) is 0 Å². The second-order valence-electron chi connectivity index (χ2n) is 3.62. The molecule has 0 saturated heterocycles. The highest BCUT2D eigenvalue weighted by Gasteiger charge is 2.10. The summed E-state index contributed by atoms with van der Waals surface area (Å²) in [5.74, 6) is 0. The topological polar surface area (TPSA) is 47.6 Å². The van der Waals surface area contributed by atoms with E-state index >= 15 is 0 Å². The van der Waals surface area contributed by atoms with Gasteiger partial charge in [0.1, 0.15) is 0 Å². The molecule has 0 aliphatic carbocycles. The molecule has 0 radical (unpaired) electrons. The molecule has 0 atom stereocenters. The Morgan fingerprint density at radius 3 is 1.78 bits per heavy atom. The van der Waals surface area contributed by atoms with Crippen LogP contribution < -0.4 is 0 Å². The predicted octanol–water partition coefficient (Wildman–Crippen LogP) is 4.40. The van der Waals surface area contributed by atoms with Crippen molar-refractivity contribution < 1.29 is 0 Å². The number of benzene rings is 2. The van der Waals surface area contributed by atoms with Crippen molar-refractivity contribution >= 4 is 23.2 Å². The normalized spacial score (nSPS) is 9.56. The highest BCUT2D eigenvalue weighted by molar-refractivity contribution is 6.39. The van der Waals surface area contributed by atoms with E-state index in [0.29, 0.717) is 32.3 Å².